The smallest absolute Gasteiger partial charge is 0.165 e. The van der Waals surface area contributed by atoms with E-state index in [1.807, 2.05) is 18.2 Å². The fourth-order valence-electron chi connectivity index (χ4n) is 2.13. The molecular formula is C16H18FNO. The van der Waals surface area contributed by atoms with E-state index >= 15 is 0 Å². The summed E-state index contributed by atoms with van der Waals surface area (Å²) in [6.45, 7) is 2.88. The Morgan fingerprint density at radius 1 is 1.11 bits per heavy atom. The molecule has 1 N–H and O–H groups in total. The summed E-state index contributed by atoms with van der Waals surface area (Å²) >= 11 is 0. The topological polar surface area (TPSA) is 21.3 Å². The molecule has 0 saturated heterocycles. The molecule has 0 radical (unpaired) electrons. The van der Waals surface area contributed by atoms with Crippen LogP contribution < -0.4 is 10.1 Å². The van der Waals surface area contributed by atoms with Crippen molar-refractivity contribution in [2.75, 3.05) is 13.7 Å². The number of methoxy groups -OCH3 is 1. The van der Waals surface area contributed by atoms with Gasteiger partial charge < -0.3 is 10.1 Å². The summed E-state index contributed by atoms with van der Waals surface area (Å²) in [4.78, 5) is 0. The minimum atomic E-state index is -0.338. The molecule has 2 aromatic rings. The number of benzene rings is 2. The first-order valence-electron chi connectivity index (χ1n) is 6.38. The molecule has 0 heterocycles. The lowest BCUT2D eigenvalue weighted by molar-refractivity contribution is 0.385. The summed E-state index contributed by atoms with van der Waals surface area (Å²) in [5.41, 5.74) is 2.14. The van der Waals surface area contributed by atoms with Gasteiger partial charge in [-0.3, -0.25) is 0 Å². The van der Waals surface area contributed by atoms with Crippen LogP contribution in [0.1, 0.15) is 24.1 Å². The zero-order valence-electron chi connectivity index (χ0n) is 11.2. The fraction of sp³-hybridized carbons (Fsp3) is 0.250. The summed E-state index contributed by atoms with van der Waals surface area (Å²) < 4.78 is 18.5. The van der Waals surface area contributed by atoms with Gasteiger partial charge in [-0.15, -0.1) is 0 Å². The van der Waals surface area contributed by atoms with Gasteiger partial charge in [0.15, 0.2) is 11.6 Å². The highest BCUT2D eigenvalue weighted by Crippen LogP contribution is 2.26. The van der Waals surface area contributed by atoms with E-state index in [4.69, 9.17) is 4.74 Å². The van der Waals surface area contributed by atoms with Crippen molar-refractivity contribution in [2.45, 2.75) is 13.0 Å². The molecular weight excluding hydrogens is 241 g/mol. The van der Waals surface area contributed by atoms with Gasteiger partial charge in [-0.25, -0.2) is 4.39 Å². The predicted molar refractivity (Wildman–Crippen MR) is 74.9 cm³/mol. The van der Waals surface area contributed by atoms with Gasteiger partial charge in [-0.2, -0.15) is 0 Å². The average molecular weight is 259 g/mol. The molecule has 0 bridgehead atoms. The molecule has 2 nitrogen and oxygen atoms in total. The minimum absolute atomic E-state index is 0.0423. The van der Waals surface area contributed by atoms with Gasteiger partial charge in [-0.1, -0.05) is 43.3 Å². The van der Waals surface area contributed by atoms with Crippen LogP contribution in [0.4, 0.5) is 4.39 Å². The molecule has 0 saturated carbocycles. The van der Waals surface area contributed by atoms with E-state index in [2.05, 4.69) is 24.4 Å². The van der Waals surface area contributed by atoms with Crippen LogP contribution in [0.15, 0.2) is 48.5 Å². The number of halogens is 1. The number of nitrogens with one attached hydrogen (secondary N) is 1. The van der Waals surface area contributed by atoms with Crippen molar-refractivity contribution in [3.05, 3.63) is 65.5 Å². The fourth-order valence-corrected chi connectivity index (χ4v) is 2.13. The lowest BCUT2D eigenvalue weighted by Gasteiger charge is -2.19. The SMILES string of the molecule is CCNC(c1ccccc1)c1ccc(F)c(OC)c1. The quantitative estimate of drug-likeness (QED) is 0.887. The van der Waals surface area contributed by atoms with Crippen molar-refractivity contribution in [1.82, 2.24) is 5.32 Å². The second-order valence-corrected chi connectivity index (χ2v) is 4.30. The van der Waals surface area contributed by atoms with Gasteiger partial charge in [0.25, 0.3) is 0 Å². The monoisotopic (exact) mass is 259 g/mol. The standard InChI is InChI=1S/C16H18FNO/c1-3-18-16(12-7-5-4-6-8-12)13-9-10-14(17)15(11-13)19-2/h4-11,16,18H,3H2,1-2H3. The highest BCUT2D eigenvalue weighted by Gasteiger charge is 2.14. The van der Waals surface area contributed by atoms with Crippen molar-refractivity contribution in [1.29, 1.82) is 0 Å². The lowest BCUT2D eigenvalue weighted by Crippen LogP contribution is -2.22. The molecule has 0 amide bonds. The zero-order valence-corrected chi connectivity index (χ0v) is 11.2. The van der Waals surface area contributed by atoms with E-state index in [1.54, 1.807) is 12.1 Å². The molecule has 0 spiro atoms. The van der Waals surface area contributed by atoms with Gasteiger partial charge in [-0.05, 0) is 29.8 Å². The first-order chi connectivity index (χ1) is 9.26. The van der Waals surface area contributed by atoms with Crippen LogP contribution in [-0.4, -0.2) is 13.7 Å². The largest absolute Gasteiger partial charge is 0.494 e. The normalized spacial score (nSPS) is 12.2. The van der Waals surface area contributed by atoms with Gasteiger partial charge in [0.1, 0.15) is 0 Å². The average Bonchev–Trinajstić information content (AvgIpc) is 2.46. The molecule has 1 unspecified atom stereocenters. The van der Waals surface area contributed by atoms with Crippen molar-refractivity contribution in [2.24, 2.45) is 0 Å². The number of hydrogen-bond acceptors (Lipinski definition) is 2. The molecule has 3 heteroatoms. The maximum absolute atomic E-state index is 13.5. The van der Waals surface area contributed by atoms with Crippen LogP contribution in [0.3, 0.4) is 0 Å². The van der Waals surface area contributed by atoms with Crippen LogP contribution in [-0.2, 0) is 0 Å². The molecule has 1 atom stereocenters. The first kappa shape index (κ1) is 13.6. The van der Waals surface area contributed by atoms with Crippen molar-refractivity contribution >= 4 is 0 Å². The molecule has 19 heavy (non-hydrogen) atoms. The number of hydrogen-bond donors (Lipinski definition) is 1. The van der Waals surface area contributed by atoms with E-state index in [0.29, 0.717) is 0 Å². The summed E-state index contributed by atoms with van der Waals surface area (Å²) in [6.07, 6.45) is 0. The maximum Gasteiger partial charge on any atom is 0.165 e. The van der Waals surface area contributed by atoms with Gasteiger partial charge >= 0.3 is 0 Å². The Morgan fingerprint density at radius 2 is 1.84 bits per heavy atom. The first-order valence-corrected chi connectivity index (χ1v) is 6.38. The van der Waals surface area contributed by atoms with Gasteiger partial charge in [0.2, 0.25) is 0 Å². The minimum Gasteiger partial charge on any atom is -0.494 e. The highest BCUT2D eigenvalue weighted by atomic mass is 19.1. The Labute approximate surface area is 113 Å². The third kappa shape index (κ3) is 3.12. The molecule has 100 valence electrons. The summed E-state index contributed by atoms with van der Waals surface area (Å²) in [5.74, 6) is -0.0640. The Morgan fingerprint density at radius 3 is 2.47 bits per heavy atom. The molecule has 0 aromatic heterocycles. The van der Waals surface area contributed by atoms with Gasteiger partial charge in [0, 0.05) is 0 Å². The number of ether oxygens (including phenoxy) is 1. The van der Waals surface area contributed by atoms with Crippen LogP contribution in [0.5, 0.6) is 5.75 Å². The van der Waals surface area contributed by atoms with Crippen LogP contribution in [0.25, 0.3) is 0 Å². The molecule has 2 rings (SSSR count). The van der Waals surface area contributed by atoms with Crippen molar-refractivity contribution < 1.29 is 9.13 Å². The van der Waals surface area contributed by atoms with Crippen molar-refractivity contribution in [3.8, 4) is 5.75 Å². The van der Waals surface area contributed by atoms with Crippen LogP contribution in [0.2, 0.25) is 0 Å². The highest BCUT2D eigenvalue weighted by molar-refractivity contribution is 5.37. The molecule has 2 aromatic carbocycles. The molecule has 0 aliphatic rings. The second-order valence-electron chi connectivity index (χ2n) is 4.30. The molecule has 0 aliphatic heterocycles. The zero-order chi connectivity index (χ0) is 13.7. The summed E-state index contributed by atoms with van der Waals surface area (Å²) in [5, 5.41) is 3.41. The third-order valence-corrected chi connectivity index (χ3v) is 3.05. The molecule has 0 fully saturated rings. The predicted octanol–water partition coefficient (Wildman–Crippen LogP) is 3.53. The third-order valence-electron chi connectivity index (χ3n) is 3.05. The van der Waals surface area contributed by atoms with E-state index in [0.717, 1.165) is 17.7 Å². The number of rotatable bonds is 5. The van der Waals surface area contributed by atoms with Crippen LogP contribution in [0, 0.1) is 5.82 Å². The van der Waals surface area contributed by atoms with E-state index in [-0.39, 0.29) is 17.6 Å². The second kappa shape index (κ2) is 6.34. The van der Waals surface area contributed by atoms with Gasteiger partial charge in [0.05, 0.1) is 13.2 Å². The summed E-state index contributed by atoms with van der Waals surface area (Å²) in [7, 11) is 1.48. The van der Waals surface area contributed by atoms with Crippen LogP contribution >= 0.6 is 0 Å². The Balaban J connectivity index is 2.39. The van der Waals surface area contributed by atoms with E-state index in [1.165, 1.54) is 13.2 Å². The van der Waals surface area contributed by atoms with E-state index < -0.39 is 0 Å². The Bertz CT molecular complexity index is 528. The Kier molecular flexibility index (Phi) is 4.53. The summed E-state index contributed by atoms with van der Waals surface area (Å²) in [6, 6.07) is 15.1. The van der Waals surface area contributed by atoms with Crippen molar-refractivity contribution in [3.63, 3.8) is 0 Å². The molecule has 0 aliphatic carbocycles. The Hall–Kier alpha value is -1.87. The lowest BCUT2D eigenvalue weighted by atomic mass is 9.98. The van der Waals surface area contributed by atoms with E-state index in [9.17, 15) is 4.39 Å². The maximum atomic E-state index is 13.5.